The van der Waals surface area contributed by atoms with Crippen molar-refractivity contribution in [3.05, 3.63) is 54.1 Å². The Bertz CT molecular complexity index is 852. The van der Waals surface area contributed by atoms with Crippen LogP contribution in [-0.4, -0.2) is 41.0 Å². The zero-order valence-electron chi connectivity index (χ0n) is 14.6. The molecule has 0 spiro atoms. The zero-order valence-corrected chi connectivity index (χ0v) is 15.4. The zero-order chi connectivity index (χ0) is 17.9. The lowest BCUT2D eigenvalue weighted by atomic mass is 10.2. The minimum atomic E-state index is -0.648. The summed E-state index contributed by atoms with van der Waals surface area (Å²) in [5.41, 5.74) is 1.98. The topological polar surface area (TPSA) is 51.1 Å². The number of fused-ring (bicyclic) bond motifs is 1. The van der Waals surface area contributed by atoms with Crippen LogP contribution in [0.4, 0.5) is 5.69 Å². The number of benzene rings is 2. The molecule has 4 rings (SSSR count). The summed E-state index contributed by atoms with van der Waals surface area (Å²) in [5.74, 6) is 2.15. The molecule has 0 unspecified atom stereocenters. The lowest BCUT2D eigenvalue weighted by Crippen LogP contribution is -2.49. The lowest BCUT2D eigenvalue weighted by molar-refractivity contribution is -0.137. The Morgan fingerprint density at radius 3 is 2.77 bits per heavy atom. The van der Waals surface area contributed by atoms with Crippen molar-refractivity contribution in [2.75, 3.05) is 18.9 Å². The number of thioether (sulfide) groups is 1. The molecular formula is C20H20N2O3S. The van der Waals surface area contributed by atoms with E-state index in [-0.39, 0.29) is 12.5 Å². The number of hydrogen-bond acceptors (Lipinski definition) is 5. The lowest BCUT2D eigenvalue weighted by Gasteiger charge is -2.33. The van der Waals surface area contributed by atoms with Crippen LogP contribution >= 0.6 is 11.8 Å². The van der Waals surface area contributed by atoms with Crippen molar-refractivity contribution in [2.45, 2.75) is 19.4 Å². The second-order valence-electron chi connectivity index (χ2n) is 6.24. The Morgan fingerprint density at radius 1 is 1.15 bits per heavy atom. The monoisotopic (exact) mass is 368 g/mol. The number of carbonyl (C=O) groups is 1. The van der Waals surface area contributed by atoms with E-state index in [1.54, 1.807) is 16.7 Å². The number of aliphatic imine (C=N–C) groups is 1. The van der Waals surface area contributed by atoms with Gasteiger partial charge in [0.05, 0.1) is 5.69 Å². The van der Waals surface area contributed by atoms with Gasteiger partial charge < -0.3 is 9.47 Å². The molecule has 1 fully saturated rings. The van der Waals surface area contributed by atoms with Crippen LogP contribution in [0.1, 0.15) is 12.0 Å². The molecule has 2 heterocycles. The van der Waals surface area contributed by atoms with E-state index < -0.39 is 6.10 Å². The fourth-order valence-electron chi connectivity index (χ4n) is 2.96. The van der Waals surface area contributed by atoms with Gasteiger partial charge in [0.2, 0.25) is 6.10 Å². The van der Waals surface area contributed by atoms with E-state index in [9.17, 15) is 4.79 Å². The maximum Gasteiger partial charge on any atom is 0.273 e. The molecule has 2 aliphatic rings. The van der Waals surface area contributed by atoms with Crippen molar-refractivity contribution in [1.29, 1.82) is 0 Å². The first-order chi connectivity index (χ1) is 12.7. The fraction of sp³-hybridized carbons (Fsp3) is 0.300. The summed E-state index contributed by atoms with van der Waals surface area (Å²) < 4.78 is 11.6. The summed E-state index contributed by atoms with van der Waals surface area (Å²) in [6.45, 7) is 2.89. The second kappa shape index (κ2) is 7.41. The van der Waals surface area contributed by atoms with Crippen molar-refractivity contribution < 1.29 is 14.3 Å². The van der Waals surface area contributed by atoms with Gasteiger partial charge in [0.15, 0.2) is 16.7 Å². The highest BCUT2D eigenvalue weighted by molar-refractivity contribution is 8.13. The summed E-state index contributed by atoms with van der Waals surface area (Å²) in [7, 11) is 0. The van der Waals surface area contributed by atoms with Crippen LogP contribution in [0.3, 0.4) is 0 Å². The van der Waals surface area contributed by atoms with Gasteiger partial charge in [-0.15, -0.1) is 0 Å². The van der Waals surface area contributed by atoms with Crippen LogP contribution in [0.25, 0.3) is 0 Å². The molecule has 0 aromatic heterocycles. The summed E-state index contributed by atoms with van der Waals surface area (Å²) in [4.78, 5) is 19.6. The van der Waals surface area contributed by atoms with E-state index in [0.717, 1.165) is 28.6 Å². The molecule has 2 aromatic rings. The smallest absolute Gasteiger partial charge is 0.273 e. The molecule has 26 heavy (non-hydrogen) atoms. The highest BCUT2D eigenvalue weighted by Gasteiger charge is 2.34. The van der Waals surface area contributed by atoms with Gasteiger partial charge in [-0.2, -0.15) is 0 Å². The fourth-order valence-corrected chi connectivity index (χ4v) is 3.92. The molecular weight excluding hydrogens is 348 g/mol. The van der Waals surface area contributed by atoms with Gasteiger partial charge in [-0.1, -0.05) is 42.1 Å². The van der Waals surface area contributed by atoms with Crippen molar-refractivity contribution in [2.24, 2.45) is 4.99 Å². The largest absolute Gasteiger partial charge is 0.485 e. The van der Waals surface area contributed by atoms with E-state index in [2.05, 4.69) is 0 Å². The molecule has 2 aromatic carbocycles. The predicted molar refractivity (Wildman–Crippen MR) is 103 cm³/mol. The number of nitrogens with zero attached hydrogens (tertiary/aromatic N) is 2. The van der Waals surface area contributed by atoms with Gasteiger partial charge in [-0.05, 0) is 37.1 Å². The molecule has 1 amide bonds. The third-order valence-corrected chi connectivity index (χ3v) is 5.43. The molecule has 0 bridgehead atoms. The number of amidine groups is 1. The molecule has 6 heteroatoms. The van der Waals surface area contributed by atoms with Crippen molar-refractivity contribution in [3.8, 4) is 11.5 Å². The first-order valence-electron chi connectivity index (χ1n) is 8.69. The number of aryl methyl sites for hydroxylation is 1. The van der Waals surface area contributed by atoms with Gasteiger partial charge in [0.1, 0.15) is 6.61 Å². The Balaban J connectivity index is 1.57. The van der Waals surface area contributed by atoms with E-state index >= 15 is 0 Å². The molecule has 2 aliphatic heterocycles. The van der Waals surface area contributed by atoms with Gasteiger partial charge in [0.25, 0.3) is 5.91 Å². The van der Waals surface area contributed by atoms with Gasteiger partial charge in [0, 0.05) is 12.3 Å². The standard InChI is InChI=1S/C20H20N2O3S/c1-14-7-2-3-8-15(14)21-20-22(11-6-12-26-20)19(23)18-13-24-16-9-4-5-10-17(16)25-18/h2-5,7-10,18H,6,11-13H2,1H3/t18-/m0/s1. The molecule has 0 saturated carbocycles. The van der Waals surface area contributed by atoms with Crippen LogP contribution in [0.15, 0.2) is 53.5 Å². The summed E-state index contributed by atoms with van der Waals surface area (Å²) in [5, 5.41) is 0.734. The average Bonchev–Trinajstić information content (AvgIpc) is 2.69. The Kier molecular flexibility index (Phi) is 4.84. The summed E-state index contributed by atoms with van der Waals surface area (Å²) >= 11 is 1.61. The van der Waals surface area contributed by atoms with Gasteiger partial charge in [-0.3, -0.25) is 9.69 Å². The van der Waals surface area contributed by atoms with E-state index in [4.69, 9.17) is 14.5 Å². The molecule has 5 nitrogen and oxygen atoms in total. The van der Waals surface area contributed by atoms with Gasteiger partial charge in [-0.25, -0.2) is 4.99 Å². The van der Waals surface area contributed by atoms with E-state index in [0.29, 0.717) is 18.0 Å². The summed E-state index contributed by atoms with van der Waals surface area (Å²) in [6, 6.07) is 15.4. The maximum atomic E-state index is 13.1. The minimum absolute atomic E-state index is 0.0981. The van der Waals surface area contributed by atoms with E-state index in [1.165, 1.54) is 0 Å². The number of rotatable bonds is 2. The molecule has 1 saturated heterocycles. The third-order valence-electron chi connectivity index (χ3n) is 4.37. The van der Waals surface area contributed by atoms with Crippen molar-refractivity contribution >= 4 is 28.5 Å². The first-order valence-corrected chi connectivity index (χ1v) is 9.68. The molecule has 134 valence electrons. The highest BCUT2D eigenvalue weighted by Crippen LogP contribution is 2.32. The Morgan fingerprint density at radius 2 is 1.92 bits per heavy atom. The van der Waals surface area contributed by atoms with Crippen LogP contribution in [0, 0.1) is 6.92 Å². The van der Waals surface area contributed by atoms with Crippen LogP contribution < -0.4 is 9.47 Å². The molecule has 0 aliphatic carbocycles. The number of hydrogen-bond donors (Lipinski definition) is 0. The molecule has 1 atom stereocenters. The van der Waals surface area contributed by atoms with Crippen LogP contribution in [0.2, 0.25) is 0 Å². The third kappa shape index (κ3) is 3.42. The van der Waals surface area contributed by atoms with Crippen molar-refractivity contribution in [1.82, 2.24) is 4.90 Å². The number of ether oxygens (including phenoxy) is 2. The average molecular weight is 368 g/mol. The predicted octanol–water partition coefficient (Wildman–Crippen LogP) is 3.79. The van der Waals surface area contributed by atoms with Crippen LogP contribution in [-0.2, 0) is 4.79 Å². The first kappa shape index (κ1) is 17.0. The van der Waals surface area contributed by atoms with Crippen LogP contribution in [0.5, 0.6) is 11.5 Å². The normalized spacial score (nSPS) is 20.9. The van der Waals surface area contributed by atoms with Gasteiger partial charge >= 0.3 is 0 Å². The van der Waals surface area contributed by atoms with E-state index in [1.807, 2.05) is 55.5 Å². The highest BCUT2D eigenvalue weighted by atomic mass is 32.2. The second-order valence-corrected chi connectivity index (χ2v) is 7.30. The maximum absolute atomic E-state index is 13.1. The number of para-hydroxylation sites is 3. The molecule has 0 N–H and O–H groups in total. The number of carbonyl (C=O) groups excluding carboxylic acids is 1. The Hall–Kier alpha value is -2.47. The number of amides is 1. The quantitative estimate of drug-likeness (QED) is 0.809. The molecule has 0 radical (unpaired) electrons. The SMILES string of the molecule is Cc1ccccc1N=C1SCCCN1C(=O)[C@@H]1COc2ccccc2O1. The van der Waals surface area contributed by atoms with Crippen molar-refractivity contribution in [3.63, 3.8) is 0 Å². The summed E-state index contributed by atoms with van der Waals surface area (Å²) in [6.07, 6.45) is 0.290. The Labute approximate surface area is 157 Å². The minimum Gasteiger partial charge on any atom is -0.485 e.